The SMILES string of the molecule is [B]N(C)c1ccc(NC(=O)CCNC)cc1OC(C)=O. The molecule has 2 radical (unpaired) electrons. The molecule has 2 N–H and O–H groups in total. The fourth-order valence-corrected chi connectivity index (χ4v) is 1.58. The van der Waals surface area contributed by atoms with Crippen molar-refractivity contribution in [2.75, 3.05) is 30.8 Å². The molecule has 1 amide bonds. The third-order valence-electron chi connectivity index (χ3n) is 2.48. The van der Waals surface area contributed by atoms with Crippen LogP contribution in [0.25, 0.3) is 0 Å². The highest BCUT2D eigenvalue weighted by Gasteiger charge is 2.10. The highest BCUT2D eigenvalue weighted by molar-refractivity contribution is 6.18. The summed E-state index contributed by atoms with van der Waals surface area (Å²) in [6.07, 6.45) is 0.359. The van der Waals surface area contributed by atoms with Crippen molar-refractivity contribution in [1.82, 2.24) is 5.32 Å². The van der Waals surface area contributed by atoms with Gasteiger partial charge in [-0.15, -0.1) is 0 Å². The monoisotopic (exact) mass is 275 g/mol. The van der Waals surface area contributed by atoms with Gasteiger partial charge in [-0.1, -0.05) is 0 Å². The van der Waals surface area contributed by atoms with Gasteiger partial charge >= 0.3 is 5.97 Å². The summed E-state index contributed by atoms with van der Waals surface area (Å²) < 4.78 is 5.09. The van der Waals surface area contributed by atoms with Crippen LogP contribution in [-0.4, -0.2) is 40.5 Å². The van der Waals surface area contributed by atoms with Crippen LogP contribution in [0.5, 0.6) is 5.75 Å². The lowest BCUT2D eigenvalue weighted by molar-refractivity contribution is -0.131. The molecule has 0 aliphatic carbocycles. The molecular weight excluding hydrogens is 257 g/mol. The van der Waals surface area contributed by atoms with Crippen molar-refractivity contribution in [3.63, 3.8) is 0 Å². The molecule has 0 saturated heterocycles. The second-order valence-electron chi connectivity index (χ2n) is 4.29. The summed E-state index contributed by atoms with van der Waals surface area (Å²) in [6.45, 7) is 1.89. The molecule has 0 spiro atoms. The molecule has 6 nitrogen and oxygen atoms in total. The van der Waals surface area contributed by atoms with Crippen LogP contribution in [0.1, 0.15) is 13.3 Å². The Hall–Kier alpha value is -2.02. The minimum absolute atomic E-state index is 0.123. The normalized spacial score (nSPS) is 9.95. The van der Waals surface area contributed by atoms with Crippen LogP contribution in [0.15, 0.2) is 18.2 Å². The van der Waals surface area contributed by atoms with Crippen LogP contribution in [0.3, 0.4) is 0 Å². The maximum absolute atomic E-state index is 11.6. The number of amides is 1. The number of hydrogen-bond donors (Lipinski definition) is 2. The first-order valence-electron chi connectivity index (χ1n) is 6.19. The summed E-state index contributed by atoms with van der Waals surface area (Å²) >= 11 is 0. The van der Waals surface area contributed by atoms with Gasteiger partial charge in [-0.3, -0.25) is 9.59 Å². The average Bonchev–Trinajstić information content (AvgIpc) is 2.35. The summed E-state index contributed by atoms with van der Waals surface area (Å²) in [5.41, 5.74) is 1.10. The van der Waals surface area contributed by atoms with E-state index in [4.69, 9.17) is 12.7 Å². The van der Waals surface area contributed by atoms with Crippen molar-refractivity contribution in [3.8, 4) is 5.75 Å². The van der Waals surface area contributed by atoms with E-state index in [0.717, 1.165) is 0 Å². The quantitative estimate of drug-likeness (QED) is 0.454. The number of nitrogens with one attached hydrogen (secondary N) is 2. The van der Waals surface area contributed by atoms with Gasteiger partial charge in [0.05, 0.1) is 5.69 Å². The van der Waals surface area contributed by atoms with E-state index in [-0.39, 0.29) is 5.91 Å². The molecule has 0 bridgehead atoms. The molecule has 0 heterocycles. The van der Waals surface area contributed by atoms with Crippen LogP contribution < -0.4 is 20.2 Å². The minimum atomic E-state index is -0.452. The summed E-state index contributed by atoms with van der Waals surface area (Å²) in [4.78, 5) is 24.1. The Labute approximate surface area is 119 Å². The van der Waals surface area contributed by atoms with Crippen molar-refractivity contribution in [1.29, 1.82) is 0 Å². The van der Waals surface area contributed by atoms with E-state index in [1.54, 1.807) is 32.3 Å². The molecule has 0 atom stereocenters. The number of nitrogens with zero attached hydrogens (tertiary/aromatic N) is 1. The van der Waals surface area contributed by atoms with Gasteiger partial charge in [0.15, 0.2) is 5.75 Å². The maximum Gasteiger partial charge on any atom is 0.308 e. The number of anilines is 2. The van der Waals surface area contributed by atoms with E-state index in [9.17, 15) is 9.59 Å². The molecule has 0 aliphatic rings. The van der Waals surface area contributed by atoms with Gasteiger partial charge in [0.25, 0.3) is 0 Å². The lowest BCUT2D eigenvalue weighted by atomic mass is 10.2. The predicted octanol–water partition coefficient (Wildman–Crippen LogP) is 0.680. The van der Waals surface area contributed by atoms with Crippen molar-refractivity contribution in [2.45, 2.75) is 13.3 Å². The van der Waals surface area contributed by atoms with E-state index in [1.165, 1.54) is 11.7 Å². The van der Waals surface area contributed by atoms with Crippen LogP contribution in [-0.2, 0) is 9.59 Å². The number of benzene rings is 1. The Morgan fingerprint density at radius 3 is 2.65 bits per heavy atom. The van der Waals surface area contributed by atoms with Crippen LogP contribution in [0, 0.1) is 0 Å². The first-order valence-corrected chi connectivity index (χ1v) is 6.19. The number of carbonyl (C=O) groups excluding carboxylic acids is 2. The highest BCUT2D eigenvalue weighted by atomic mass is 16.5. The number of carbonyl (C=O) groups is 2. The molecular formula is C13H18BN3O3. The Morgan fingerprint density at radius 2 is 2.10 bits per heavy atom. The van der Waals surface area contributed by atoms with Crippen molar-refractivity contribution >= 4 is 31.2 Å². The van der Waals surface area contributed by atoms with Gasteiger partial charge in [0.2, 0.25) is 13.9 Å². The van der Waals surface area contributed by atoms with Crippen LogP contribution in [0.4, 0.5) is 11.4 Å². The molecule has 0 saturated carbocycles. The number of esters is 1. The Balaban J connectivity index is 2.88. The third kappa shape index (κ3) is 4.93. The number of hydrogen-bond acceptors (Lipinski definition) is 5. The highest BCUT2D eigenvalue weighted by Crippen LogP contribution is 2.30. The number of ether oxygens (including phenoxy) is 1. The molecule has 0 aliphatic heterocycles. The zero-order valence-corrected chi connectivity index (χ0v) is 11.9. The standard InChI is InChI=1S/C13H18BN3O3/c1-9(18)20-12-8-10(4-5-11(12)17(3)14)16-13(19)6-7-15-2/h4-5,8,15H,6-7H2,1-3H3,(H,16,19). The first kappa shape index (κ1) is 16.0. The lowest BCUT2D eigenvalue weighted by Gasteiger charge is -2.18. The Bertz CT molecular complexity index is 492. The van der Waals surface area contributed by atoms with E-state index < -0.39 is 5.97 Å². The van der Waals surface area contributed by atoms with Gasteiger partial charge in [0.1, 0.15) is 0 Å². The second kappa shape index (κ2) is 7.54. The largest absolute Gasteiger partial charge is 0.424 e. The maximum atomic E-state index is 11.6. The van der Waals surface area contributed by atoms with Gasteiger partial charge in [-0.25, -0.2) is 0 Å². The minimum Gasteiger partial charge on any atom is -0.424 e. The zero-order chi connectivity index (χ0) is 15.1. The summed E-state index contributed by atoms with van der Waals surface area (Å²) in [7, 11) is 9.06. The molecule has 0 aromatic heterocycles. The van der Waals surface area contributed by atoms with E-state index in [0.29, 0.717) is 30.1 Å². The molecule has 0 unspecified atom stereocenters. The fraction of sp³-hybridized carbons (Fsp3) is 0.385. The van der Waals surface area contributed by atoms with Gasteiger partial charge < -0.3 is 20.2 Å². The van der Waals surface area contributed by atoms with Gasteiger partial charge in [-0.2, -0.15) is 0 Å². The molecule has 20 heavy (non-hydrogen) atoms. The second-order valence-corrected chi connectivity index (χ2v) is 4.29. The Kier molecular flexibility index (Phi) is 6.05. The first-order chi connectivity index (χ1) is 9.43. The van der Waals surface area contributed by atoms with Crippen molar-refractivity contribution in [3.05, 3.63) is 18.2 Å². The van der Waals surface area contributed by atoms with E-state index >= 15 is 0 Å². The lowest BCUT2D eigenvalue weighted by Crippen LogP contribution is -2.19. The Morgan fingerprint density at radius 1 is 1.40 bits per heavy atom. The molecule has 1 aromatic rings. The molecule has 106 valence electrons. The summed E-state index contributed by atoms with van der Waals surface area (Å²) in [5.74, 6) is -0.275. The third-order valence-corrected chi connectivity index (χ3v) is 2.48. The zero-order valence-electron chi connectivity index (χ0n) is 11.9. The van der Waals surface area contributed by atoms with Crippen LogP contribution >= 0.6 is 0 Å². The fourth-order valence-electron chi connectivity index (χ4n) is 1.58. The summed E-state index contributed by atoms with van der Waals surface area (Å²) in [5, 5.41) is 5.62. The average molecular weight is 275 g/mol. The molecule has 1 rings (SSSR count). The topological polar surface area (TPSA) is 70.7 Å². The van der Waals surface area contributed by atoms with E-state index in [1.807, 2.05) is 0 Å². The smallest absolute Gasteiger partial charge is 0.308 e. The molecule has 0 fully saturated rings. The summed E-state index contributed by atoms with van der Waals surface area (Å²) in [6, 6.07) is 4.94. The van der Waals surface area contributed by atoms with Crippen molar-refractivity contribution < 1.29 is 14.3 Å². The van der Waals surface area contributed by atoms with Crippen molar-refractivity contribution in [2.24, 2.45) is 0 Å². The van der Waals surface area contributed by atoms with E-state index in [2.05, 4.69) is 10.6 Å². The molecule has 7 heteroatoms. The van der Waals surface area contributed by atoms with Gasteiger partial charge in [0, 0.05) is 31.6 Å². The predicted molar refractivity (Wildman–Crippen MR) is 79.1 cm³/mol. The van der Waals surface area contributed by atoms with Crippen LogP contribution in [0.2, 0.25) is 0 Å². The number of rotatable bonds is 6. The molecule has 1 aromatic carbocycles. The van der Waals surface area contributed by atoms with Gasteiger partial charge in [-0.05, 0) is 26.2 Å².